The summed E-state index contributed by atoms with van der Waals surface area (Å²) in [4.78, 5) is 14.6. The number of carbonyl (C=O) groups excluding carboxylic acids is 1. The number of likely N-dealkylation sites (tertiary alicyclic amines) is 1. The maximum Gasteiger partial charge on any atom is 0.254 e. The zero-order chi connectivity index (χ0) is 16.6. The highest BCUT2D eigenvalue weighted by molar-refractivity contribution is 5.95. The van der Waals surface area contributed by atoms with Crippen LogP contribution in [0.2, 0.25) is 0 Å². The summed E-state index contributed by atoms with van der Waals surface area (Å²) >= 11 is 0. The molecular formula is C18H25NO4. The predicted octanol–water partition coefficient (Wildman–Crippen LogP) is 2.67. The van der Waals surface area contributed by atoms with Crippen LogP contribution in [0, 0.1) is 11.8 Å². The van der Waals surface area contributed by atoms with Crippen LogP contribution < -0.4 is 9.47 Å². The highest BCUT2D eigenvalue weighted by Crippen LogP contribution is 2.35. The van der Waals surface area contributed by atoms with Crippen molar-refractivity contribution in [3.05, 3.63) is 23.8 Å². The number of fused-ring (bicyclic) bond motifs is 1. The van der Waals surface area contributed by atoms with E-state index in [4.69, 9.17) is 9.47 Å². The first-order valence-electron chi connectivity index (χ1n) is 8.28. The number of aliphatic hydroxyl groups is 1. The van der Waals surface area contributed by atoms with E-state index >= 15 is 0 Å². The Kier molecular flexibility index (Phi) is 4.23. The van der Waals surface area contributed by atoms with Crippen LogP contribution in [0.4, 0.5) is 0 Å². The lowest BCUT2D eigenvalue weighted by atomic mass is 9.78. The van der Waals surface area contributed by atoms with Crippen LogP contribution in [0.15, 0.2) is 18.2 Å². The van der Waals surface area contributed by atoms with Crippen molar-refractivity contribution in [2.24, 2.45) is 11.8 Å². The van der Waals surface area contributed by atoms with Gasteiger partial charge >= 0.3 is 0 Å². The van der Waals surface area contributed by atoms with Gasteiger partial charge < -0.3 is 19.5 Å². The van der Waals surface area contributed by atoms with Crippen LogP contribution >= 0.6 is 0 Å². The molecule has 2 aliphatic rings. The molecule has 1 amide bonds. The Morgan fingerprint density at radius 3 is 2.87 bits per heavy atom. The number of hydrogen-bond acceptors (Lipinski definition) is 4. The lowest BCUT2D eigenvalue weighted by molar-refractivity contribution is -0.0577. The van der Waals surface area contributed by atoms with Crippen molar-refractivity contribution in [1.82, 2.24) is 4.90 Å². The van der Waals surface area contributed by atoms with Gasteiger partial charge in [-0.3, -0.25) is 4.79 Å². The van der Waals surface area contributed by atoms with Gasteiger partial charge in [0, 0.05) is 24.6 Å². The monoisotopic (exact) mass is 319 g/mol. The summed E-state index contributed by atoms with van der Waals surface area (Å²) in [6.07, 6.45) is 1.53. The lowest BCUT2D eigenvalue weighted by Gasteiger charge is -2.43. The molecule has 2 heterocycles. The van der Waals surface area contributed by atoms with Gasteiger partial charge in [0.2, 0.25) is 6.79 Å². The number of piperidine rings is 1. The third-order valence-electron chi connectivity index (χ3n) is 4.87. The molecule has 0 bridgehead atoms. The first-order valence-corrected chi connectivity index (χ1v) is 8.28. The smallest absolute Gasteiger partial charge is 0.254 e. The average Bonchev–Trinajstić information content (AvgIpc) is 2.95. The van der Waals surface area contributed by atoms with E-state index in [-0.39, 0.29) is 18.6 Å². The first-order chi connectivity index (χ1) is 10.9. The van der Waals surface area contributed by atoms with E-state index in [0.717, 1.165) is 6.42 Å². The normalized spacial score (nSPS) is 26.7. The number of rotatable bonds is 3. The summed E-state index contributed by atoms with van der Waals surface area (Å²) in [5.41, 5.74) is -0.0882. The molecule has 3 rings (SSSR count). The Morgan fingerprint density at radius 1 is 1.39 bits per heavy atom. The molecule has 23 heavy (non-hydrogen) atoms. The molecule has 0 aliphatic carbocycles. The molecule has 0 saturated carbocycles. The van der Waals surface area contributed by atoms with E-state index in [2.05, 4.69) is 13.8 Å². The van der Waals surface area contributed by atoms with Crippen molar-refractivity contribution in [1.29, 1.82) is 0 Å². The third kappa shape index (κ3) is 3.29. The quantitative estimate of drug-likeness (QED) is 0.930. The van der Waals surface area contributed by atoms with Crippen molar-refractivity contribution < 1.29 is 19.4 Å². The fourth-order valence-corrected chi connectivity index (χ4v) is 3.41. The Balaban J connectivity index is 1.75. The van der Waals surface area contributed by atoms with Gasteiger partial charge in [-0.05, 0) is 43.9 Å². The van der Waals surface area contributed by atoms with Gasteiger partial charge in [-0.2, -0.15) is 0 Å². The van der Waals surface area contributed by atoms with Crippen molar-refractivity contribution in [2.45, 2.75) is 39.2 Å². The molecule has 1 fully saturated rings. The molecule has 2 aliphatic heterocycles. The second kappa shape index (κ2) is 6.04. The van der Waals surface area contributed by atoms with Gasteiger partial charge in [0.1, 0.15) is 0 Å². The van der Waals surface area contributed by atoms with Crippen LogP contribution in [0.25, 0.3) is 0 Å². The fourth-order valence-electron chi connectivity index (χ4n) is 3.41. The summed E-state index contributed by atoms with van der Waals surface area (Å²) in [6.45, 7) is 7.56. The molecule has 0 aromatic heterocycles. The summed E-state index contributed by atoms with van der Waals surface area (Å²) in [7, 11) is 0. The maximum atomic E-state index is 12.8. The highest BCUT2D eigenvalue weighted by atomic mass is 16.7. The van der Waals surface area contributed by atoms with Gasteiger partial charge in [-0.1, -0.05) is 13.8 Å². The molecule has 1 aromatic carbocycles. The number of amides is 1. The number of hydrogen-bond donors (Lipinski definition) is 1. The van der Waals surface area contributed by atoms with Gasteiger partial charge in [-0.15, -0.1) is 0 Å². The summed E-state index contributed by atoms with van der Waals surface area (Å²) < 4.78 is 10.6. The van der Waals surface area contributed by atoms with E-state index in [1.165, 1.54) is 0 Å². The lowest BCUT2D eigenvalue weighted by Crippen LogP contribution is -2.52. The van der Waals surface area contributed by atoms with Crippen molar-refractivity contribution >= 4 is 5.91 Å². The molecule has 2 atom stereocenters. The Hall–Kier alpha value is -1.75. The predicted molar refractivity (Wildman–Crippen MR) is 86.7 cm³/mol. The van der Waals surface area contributed by atoms with Gasteiger partial charge in [-0.25, -0.2) is 0 Å². The Morgan fingerprint density at radius 2 is 2.13 bits per heavy atom. The second-order valence-corrected chi connectivity index (χ2v) is 7.25. The average molecular weight is 319 g/mol. The minimum absolute atomic E-state index is 0.00689. The minimum atomic E-state index is -0.698. The summed E-state index contributed by atoms with van der Waals surface area (Å²) in [6, 6.07) is 5.30. The second-order valence-electron chi connectivity index (χ2n) is 7.25. The van der Waals surface area contributed by atoms with Gasteiger partial charge in [0.15, 0.2) is 11.5 Å². The molecule has 0 unspecified atom stereocenters. The summed E-state index contributed by atoms with van der Waals surface area (Å²) in [5, 5.41) is 10.6. The number of ether oxygens (including phenoxy) is 2. The first kappa shape index (κ1) is 16.1. The molecule has 1 N–H and O–H groups in total. The molecular weight excluding hydrogens is 294 g/mol. The minimum Gasteiger partial charge on any atom is -0.454 e. The number of carbonyl (C=O) groups is 1. The van der Waals surface area contributed by atoms with Crippen LogP contribution in [-0.2, 0) is 0 Å². The van der Waals surface area contributed by atoms with Crippen LogP contribution in [0.3, 0.4) is 0 Å². The molecule has 0 radical (unpaired) electrons. The largest absolute Gasteiger partial charge is 0.454 e. The van der Waals surface area contributed by atoms with Crippen molar-refractivity contribution in [2.75, 3.05) is 19.9 Å². The van der Waals surface area contributed by atoms with E-state index in [0.29, 0.717) is 42.5 Å². The van der Waals surface area contributed by atoms with Crippen LogP contribution in [-0.4, -0.2) is 41.4 Å². The molecule has 1 aromatic rings. The van der Waals surface area contributed by atoms with E-state index in [9.17, 15) is 9.90 Å². The van der Waals surface area contributed by atoms with Gasteiger partial charge in [0.25, 0.3) is 5.91 Å². The van der Waals surface area contributed by atoms with Gasteiger partial charge in [0.05, 0.1) is 5.60 Å². The molecule has 5 nitrogen and oxygen atoms in total. The maximum absolute atomic E-state index is 12.8. The SMILES string of the molecule is CC(C)C[C@@H]1CN(C(=O)c2ccc3c(c2)OCO3)CC[C@]1(C)O. The van der Waals surface area contributed by atoms with Crippen LogP contribution in [0.5, 0.6) is 11.5 Å². The van der Waals surface area contributed by atoms with Crippen LogP contribution in [0.1, 0.15) is 44.0 Å². The zero-order valence-corrected chi connectivity index (χ0v) is 14.0. The van der Waals surface area contributed by atoms with E-state index in [1.807, 2.05) is 11.8 Å². The fraction of sp³-hybridized carbons (Fsp3) is 0.611. The molecule has 1 saturated heterocycles. The van der Waals surface area contributed by atoms with Crippen molar-refractivity contribution in [3.63, 3.8) is 0 Å². The standard InChI is InChI=1S/C18H25NO4/c1-12(2)8-14-10-19(7-6-18(14,3)21)17(20)13-4-5-15-16(9-13)23-11-22-15/h4-5,9,12,14,21H,6-8,10-11H2,1-3H3/t14-,18+/m1/s1. The third-order valence-corrected chi connectivity index (χ3v) is 4.87. The zero-order valence-electron chi connectivity index (χ0n) is 14.0. The van der Waals surface area contributed by atoms with E-state index < -0.39 is 5.60 Å². The summed E-state index contributed by atoms with van der Waals surface area (Å²) in [5.74, 6) is 1.90. The molecule has 126 valence electrons. The molecule has 0 spiro atoms. The Labute approximate surface area is 137 Å². The van der Waals surface area contributed by atoms with Crippen molar-refractivity contribution in [3.8, 4) is 11.5 Å². The number of nitrogens with zero attached hydrogens (tertiary/aromatic N) is 1. The molecule has 5 heteroatoms. The number of benzene rings is 1. The topological polar surface area (TPSA) is 59.0 Å². The highest BCUT2D eigenvalue weighted by Gasteiger charge is 2.39. The Bertz CT molecular complexity index is 597. The van der Waals surface area contributed by atoms with E-state index in [1.54, 1.807) is 18.2 Å².